The maximum Gasteiger partial charge on any atom is 0.405 e. The highest BCUT2D eigenvalue weighted by atomic mass is 19.4. The number of halogens is 3. The second kappa shape index (κ2) is 5.36. The summed E-state index contributed by atoms with van der Waals surface area (Å²) in [5, 5.41) is 1.76. The number of aryl methyl sites for hydroxylation is 1. The van der Waals surface area contributed by atoms with E-state index in [1.54, 1.807) is 35.6 Å². The van der Waals surface area contributed by atoms with Gasteiger partial charge in [0.15, 0.2) is 5.69 Å². The fraction of sp³-hybridized carbons (Fsp3) is 0.231. The molecule has 0 spiro atoms. The number of aromatic nitrogens is 1. The van der Waals surface area contributed by atoms with E-state index in [1.165, 1.54) is 6.92 Å². The van der Waals surface area contributed by atoms with Gasteiger partial charge in [0.05, 0.1) is 0 Å². The number of carbonyl (C=O) groups excluding carboxylic acids is 1. The first kappa shape index (κ1) is 14.1. The molecule has 1 aromatic carbocycles. The van der Waals surface area contributed by atoms with Gasteiger partial charge >= 0.3 is 6.18 Å². The zero-order valence-electron chi connectivity index (χ0n) is 10.5. The van der Waals surface area contributed by atoms with Gasteiger partial charge in [0.2, 0.25) is 5.89 Å². The number of benzene rings is 1. The van der Waals surface area contributed by atoms with E-state index in [4.69, 9.17) is 4.42 Å². The first-order valence-corrected chi connectivity index (χ1v) is 5.74. The van der Waals surface area contributed by atoms with Gasteiger partial charge in [-0.25, -0.2) is 4.98 Å². The Labute approximate surface area is 112 Å². The van der Waals surface area contributed by atoms with E-state index >= 15 is 0 Å². The Morgan fingerprint density at radius 1 is 1.30 bits per heavy atom. The Balaban J connectivity index is 2.18. The van der Waals surface area contributed by atoms with Gasteiger partial charge in [-0.1, -0.05) is 18.2 Å². The molecule has 0 atom stereocenters. The molecule has 1 N–H and O–H groups in total. The van der Waals surface area contributed by atoms with Gasteiger partial charge in [0.25, 0.3) is 5.91 Å². The van der Waals surface area contributed by atoms with Crippen molar-refractivity contribution in [3.05, 3.63) is 41.8 Å². The van der Waals surface area contributed by atoms with Gasteiger partial charge in [-0.05, 0) is 19.1 Å². The molecule has 0 aliphatic carbocycles. The van der Waals surface area contributed by atoms with Crippen LogP contribution in [0, 0.1) is 6.92 Å². The van der Waals surface area contributed by atoms with Crippen LogP contribution >= 0.6 is 0 Å². The third-order valence-electron chi connectivity index (χ3n) is 2.48. The lowest BCUT2D eigenvalue weighted by Crippen LogP contribution is -2.34. The summed E-state index contributed by atoms with van der Waals surface area (Å²) in [7, 11) is 0. The maximum absolute atomic E-state index is 12.0. The third-order valence-corrected chi connectivity index (χ3v) is 2.48. The van der Waals surface area contributed by atoms with E-state index < -0.39 is 18.6 Å². The molecule has 2 rings (SSSR count). The highest BCUT2D eigenvalue weighted by molar-refractivity contribution is 5.93. The second-order valence-electron chi connectivity index (χ2n) is 4.09. The van der Waals surface area contributed by atoms with Gasteiger partial charge in [-0.15, -0.1) is 0 Å². The van der Waals surface area contributed by atoms with Gasteiger partial charge in [-0.2, -0.15) is 13.2 Å². The topological polar surface area (TPSA) is 55.1 Å². The molecule has 7 heteroatoms. The molecule has 106 valence electrons. The molecule has 0 saturated heterocycles. The molecule has 0 fully saturated rings. The normalized spacial score (nSPS) is 11.4. The van der Waals surface area contributed by atoms with Crippen LogP contribution < -0.4 is 5.32 Å². The first-order valence-electron chi connectivity index (χ1n) is 5.74. The summed E-state index contributed by atoms with van der Waals surface area (Å²) in [4.78, 5) is 15.6. The molecular weight excluding hydrogens is 273 g/mol. The molecule has 1 heterocycles. The lowest BCUT2D eigenvalue weighted by Gasteiger charge is -2.06. The Hall–Kier alpha value is -2.31. The van der Waals surface area contributed by atoms with E-state index in [1.807, 2.05) is 0 Å². The van der Waals surface area contributed by atoms with Crippen LogP contribution in [0.25, 0.3) is 11.5 Å². The first-order chi connectivity index (χ1) is 9.37. The number of hydrogen-bond acceptors (Lipinski definition) is 3. The average Bonchev–Trinajstić information content (AvgIpc) is 2.78. The molecule has 0 aliphatic heterocycles. The number of nitrogens with zero attached hydrogens (tertiary/aromatic N) is 1. The molecule has 20 heavy (non-hydrogen) atoms. The molecule has 0 unspecified atom stereocenters. The number of rotatable bonds is 3. The zero-order chi connectivity index (χ0) is 14.8. The standard InChI is InChI=1S/C13H11F3N2O2/c1-8-10(11(19)17-7-13(14,15)16)18-12(20-8)9-5-3-2-4-6-9/h2-6H,7H2,1H3,(H,17,19). The van der Waals surface area contributed by atoms with Crippen LogP contribution in [0.3, 0.4) is 0 Å². The van der Waals surface area contributed by atoms with Crippen molar-refractivity contribution in [1.29, 1.82) is 0 Å². The average molecular weight is 284 g/mol. The van der Waals surface area contributed by atoms with Crippen molar-refractivity contribution in [2.24, 2.45) is 0 Å². The summed E-state index contributed by atoms with van der Waals surface area (Å²) in [5.41, 5.74) is 0.499. The van der Waals surface area contributed by atoms with Crippen LogP contribution in [0.1, 0.15) is 16.2 Å². The fourth-order valence-corrected chi connectivity index (χ4v) is 1.58. The Kier molecular flexibility index (Phi) is 3.78. The largest absolute Gasteiger partial charge is 0.441 e. The summed E-state index contributed by atoms with van der Waals surface area (Å²) in [6.45, 7) is 0.0702. The number of alkyl halides is 3. The van der Waals surface area contributed by atoms with Crippen LogP contribution in [0.2, 0.25) is 0 Å². The van der Waals surface area contributed by atoms with E-state index in [0.717, 1.165) is 0 Å². The van der Waals surface area contributed by atoms with E-state index in [2.05, 4.69) is 4.98 Å². The summed E-state index contributed by atoms with van der Waals surface area (Å²) >= 11 is 0. The van der Waals surface area contributed by atoms with Crippen molar-refractivity contribution in [1.82, 2.24) is 10.3 Å². The summed E-state index contributed by atoms with van der Waals surface area (Å²) in [6.07, 6.45) is -4.46. The zero-order valence-corrected chi connectivity index (χ0v) is 10.5. The predicted octanol–water partition coefficient (Wildman–Crippen LogP) is 2.94. The van der Waals surface area contributed by atoms with Crippen LogP contribution in [-0.2, 0) is 0 Å². The van der Waals surface area contributed by atoms with Crippen molar-refractivity contribution >= 4 is 5.91 Å². The monoisotopic (exact) mass is 284 g/mol. The minimum Gasteiger partial charge on any atom is -0.441 e. The third kappa shape index (κ3) is 3.37. The molecule has 2 aromatic rings. The lowest BCUT2D eigenvalue weighted by molar-refractivity contribution is -0.123. The summed E-state index contributed by atoms with van der Waals surface area (Å²) < 4.78 is 41.4. The van der Waals surface area contributed by atoms with E-state index in [0.29, 0.717) is 5.56 Å². The molecule has 0 radical (unpaired) electrons. The number of hydrogen-bond donors (Lipinski definition) is 1. The Bertz CT molecular complexity index is 606. The number of oxazole rings is 1. The Morgan fingerprint density at radius 3 is 2.55 bits per heavy atom. The Morgan fingerprint density at radius 2 is 1.95 bits per heavy atom. The maximum atomic E-state index is 12.0. The van der Waals surface area contributed by atoms with Crippen LogP contribution in [0.15, 0.2) is 34.7 Å². The molecular formula is C13H11F3N2O2. The van der Waals surface area contributed by atoms with Gasteiger partial charge < -0.3 is 9.73 Å². The molecule has 0 bridgehead atoms. The minimum absolute atomic E-state index is 0.145. The minimum atomic E-state index is -4.46. The van der Waals surface area contributed by atoms with Gasteiger partial charge in [0, 0.05) is 5.56 Å². The van der Waals surface area contributed by atoms with Crippen molar-refractivity contribution < 1.29 is 22.4 Å². The smallest absolute Gasteiger partial charge is 0.405 e. The summed E-state index contributed by atoms with van der Waals surface area (Å²) in [5.74, 6) is -0.547. The molecule has 1 aromatic heterocycles. The molecule has 0 saturated carbocycles. The van der Waals surface area contributed by atoms with Crippen molar-refractivity contribution in [3.63, 3.8) is 0 Å². The molecule has 4 nitrogen and oxygen atoms in total. The van der Waals surface area contributed by atoms with Crippen LogP contribution in [0.4, 0.5) is 13.2 Å². The van der Waals surface area contributed by atoms with Gasteiger partial charge in [-0.3, -0.25) is 4.79 Å². The van der Waals surface area contributed by atoms with Crippen LogP contribution in [0.5, 0.6) is 0 Å². The molecule has 0 aliphatic rings. The molecule has 1 amide bonds. The van der Waals surface area contributed by atoms with E-state index in [-0.39, 0.29) is 17.3 Å². The second-order valence-corrected chi connectivity index (χ2v) is 4.09. The van der Waals surface area contributed by atoms with Gasteiger partial charge in [0.1, 0.15) is 12.3 Å². The van der Waals surface area contributed by atoms with Crippen LogP contribution in [-0.4, -0.2) is 23.6 Å². The number of carbonyl (C=O) groups is 1. The highest BCUT2D eigenvalue weighted by Gasteiger charge is 2.29. The highest BCUT2D eigenvalue weighted by Crippen LogP contribution is 2.21. The summed E-state index contributed by atoms with van der Waals surface area (Å²) in [6, 6.07) is 8.78. The van der Waals surface area contributed by atoms with Crippen molar-refractivity contribution in [2.75, 3.05) is 6.54 Å². The van der Waals surface area contributed by atoms with E-state index in [9.17, 15) is 18.0 Å². The van der Waals surface area contributed by atoms with Crippen molar-refractivity contribution in [2.45, 2.75) is 13.1 Å². The number of amides is 1. The SMILES string of the molecule is Cc1oc(-c2ccccc2)nc1C(=O)NCC(F)(F)F. The number of nitrogens with one attached hydrogen (secondary N) is 1. The van der Waals surface area contributed by atoms with Crippen molar-refractivity contribution in [3.8, 4) is 11.5 Å². The quantitative estimate of drug-likeness (QED) is 0.942. The lowest BCUT2D eigenvalue weighted by atomic mass is 10.2. The predicted molar refractivity (Wildman–Crippen MR) is 65.1 cm³/mol. The fourth-order valence-electron chi connectivity index (χ4n) is 1.58.